The van der Waals surface area contributed by atoms with Gasteiger partial charge in [0, 0.05) is 13.1 Å². The highest BCUT2D eigenvalue weighted by molar-refractivity contribution is 5.27. The van der Waals surface area contributed by atoms with E-state index in [1.165, 1.54) is 0 Å². The van der Waals surface area contributed by atoms with E-state index in [-0.39, 0.29) is 6.61 Å². The molecule has 0 aliphatic carbocycles. The zero-order valence-corrected chi connectivity index (χ0v) is 16.2. The van der Waals surface area contributed by atoms with Gasteiger partial charge >= 0.3 is 0 Å². The van der Waals surface area contributed by atoms with Crippen LogP contribution < -0.4 is 4.74 Å². The van der Waals surface area contributed by atoms with Gasteiger partial charge in [-0.15, -0.1) is 0 Å². The van der Waals surface area contributed by atoms with E-state index in [0.29, 0.717) is 26.2 Å². The van der Waals surface area contributed by atoms with Crippen LogP contribution in [0.2, 0.25) is 0 Å². The predicted molar refractivity (Wildman–Crippen MR) is 108 cm³/mol. The number of rotatable bonds is 11. The van der Waals surface area contributed by atoms with Crippen molar-refractivity contribution < 1.29 is 19.0 Å². The highest BCUT2D eigenvalue weighted by Gasteiger charge is 2.15. The number of furan rings is 1. The molecule has 0 radical (unpaired) electrons. The van der Waals surface area contributed by atoms with Crippen LogP contribution >= 0.6 is 0 Å². The summed E-state index contributed by atoms with van der Waals surface area (Å²) in [5.41, 5.74) is 2.24. The molecular formula is C23H27NO4. The van der Waals surface area contributed by atoms with Gasteiger partial charge in [0.25, 0.3) is 0 Å². The molecule has 2 aromatic carbocycles. The van der Waals surface area contributed by atoms with Crippen molar-refractivity contribution >= 4 is 0 Å². The zero-order chi connectivity index (χ0) is 19.6. The third kappa shape index (κ3) is 6.53. The van der Waals surface area contributed by atoms with Crippen molar-refractivity contribution in [2.45, 2.75) is 25.8 Å². The van der Waals surface area contributed by atoms with Gasteiger partial charge in [-0.05, 0) is 35.4 Å². The van der Waals surface area contributed by atoms with Crippen molar-refractivity contribution in [2.75, 3.05) is 20.3 Å². The highest BCUT2D eigenvalue weighted by atomic mass is 16.5. The summed E-state index contributed by atoms with van der Waals surface area (Å²) in [6, 6.07) is 21.7. The quantitative estimate of drug-likeness (QED) is 0.546. The monoisotopic (exact) mass is 381 g/mol. The first-order valence-electron chi connectivity index (χ1n) is 9.40. The summed E-state index contributed by atoms with van der Waals surface area (Å²) in [6.45, 7) is 2.58. The maximum atomic E-state index is 10.5. The van der Waals surface area contributed by atoms with E-state index in [9.17, 15) is 5.11 Å². The van der Waals surface area contributed by atoms with E-state index in [2.05, 4.69) is 4.90 Å². The molecule has 0 spiro atoms. The normalized spacial score (nSPS) is 12.2. The molecule has 3 aromatic rings. The molecule has 1 N–H and O–H groups in total. The Morgan fingerprint density at radius 2 is 1.71 bits per heavy atom. The third-order valence-corrected chi connectivity index (χ3v) is 4.42. The lowest BCUT2D eigenvalue weighted by atomic mass is 10.2. The molecule has 3 rings (SSSR count). The van der Waals surface area contributed by atoms with E-state index in [1.807, 2.05) is 66.7 Å². The molecule has 0 bridgehead atoms. The van der Waals surface area contributed by atoms with Crippen LogP contribution in [0.4, 0.5) is 0 Å². The Balaban J connectivity index is 1.54. The number of hydrogen-bond acceptors (Lipinski definition) is 5. The van der Waals surface area contributed by atoms with Crippen LogP contribution in [0.5, 0.6) is 5.75 Å². The molecule has 1 atom stereocenters. The fourth-order valence-corrected chi connectivity index (χ4v) is 3.03. The SMILES string of the molecule is COc1ccc(CN(Cc2ccco2)CC(O)COCc2ccccc2)cc1. The van der Waals surface area contributed by atoms with Crippen LogP contribution in [0.3, 0.4) is 0 Å². The molecule has 0 aliphatic heterocycles. The topological polar surface area (TPSA) is 55.1 Å². The summed E-state index contributed by atoms with van der Waals surface area (Å²) in [6.07, 6.45) is 1.08. The second-order valence-corrected chi connectivity index (χ2v) is 6.75. The molecule has 0 amide bonds. The van der Waals surface area contributed by atoms with Crippen LogP contribution in [0.25, 0.3) is 0 Å². The Kier molecular flexibility index (Phi) is 7.67. The number of aliphatic hydroxyl groups excluding tert-OH is 1. The number of hydrogen-bond donors (Lipinski definition) is 1. The minimum Gasteiger partial charge on any atom is -0.497 e. The number of benzene rings is 2. The lowest BCUT2D eigenvalue weighted by molar-refractivity contribution is 0.00613. The average molecular weight is 381 g/mol. The largest absolute Gasteiger partial charge is 0.497 e. The first-order valence-corrected chi connectivity index (χ1v) is 9.40. The lowest BCUT2D eigenvalue weighted by Gasteiger charge is -2.24. The zero-order valence-electron chi connectivity index (χ0n) is 16.2. The van der Waals surface area contributed by atoms with Gasteiger partial charge in [0.1, 0.15) is 11.5 Å². The minimum absolute atomic E-state index is 0.284. The Bertz CT molecular complexity index is 787. The van der Waals surface area contributed by atoms with Crippen LogP contribution in [-0.4, -0.2) is 36.4 Å². The second kappa shape index (κ2) is 10.7. The van der Waals surface area contributed by atoms with Gasteiger partial charge < -0.3 is 19.0 Å². The van der Waals surface area contributed by atoms with E-state index >= 15 is 0 Å². The van der Waals surface area contributed by atoms with Gasteiger partial charge in [-0.1, -0.05) is 42.5 Å². The Morgan fingerprint density at radius 1 is 0.929 bits per heavy atom. The van der Waals surface area contributed by atoms with Gasteiger partial charge in [0.05, 0.1) is 39.2 Å². The van der Waals surface area contributed by atoms with Gasteiger partial charge in [0.2, 0.25) is 0 Å². The summed E-state index contributed by atoms with van der Waals surface area (Å²) in [5, 5.41) is 10.5. The van der Waals surface area contributed by atoms with Gasteiger partial charge in [-0.2, -0.15) is 0 Å². The summed E-state index contributed by atoms with van der Waals surface area (Å²) in [7, 11) is 1.66. The van der Waals surface area contributed by atoms with E-state index < -0.39 is 6.10 Å². The van der Waals surface area contributed by atoms with E-state index in [0.717, 1.165) is 22.6 Å². The molecule has 148 valence electrons. The number of aliphatic hydroxyl groups is 1. The molecular weight excluding hydrogens is 354 g/mol. The molecule has 5 nitrogen and oxygen atoms in total. The maximum absolute atomic E-state index is 10.5. The van der Waals surface area contributed by atoms with E-state index in [1.54, 1.807) is 13.4 Å². The molecule has 0 aliphatic rings. The second-order valence-electron chi connectivity index (χ2n) is 6.75. The molecule has 1 heterocycles. The molecule has 0 fully saturated rings. The number of methoxy groups -OCH3 is 1. The minimum atomic E-state index is -0.586. The van der Waals surface area contributed by atoms with Crippen molar-refractivity contribution in [3.63, 3.8) is 0 Å². The Morgan fingerprint density at radius 3 is 2.39 bits per heavy atom. The van der Waals surface area contributed by atoms with Gasteiger partial charge in [-0.25, -0.2) is 0 Å². The van der Waals surface area contributed by atoms with Gasteiger partial charge in [-0.3, -0.25) is 4.90 Å². The summed E-state index contributed by atoms with van der Waals surface area (Å²) in [4.78, 5) is 2.15. The van der Waals surface area contributed by atoms with Crippen molar-refractivity contribution in [1.29, 1.82) is 0 Å². The van der Waals surface area contributed by atoms with Gasteiger partial charge in [0.15, 0.2) is 0 Å². The molecule has 0 saturated heterocycles. The lowest BCUT2D eigenvalue weighted by Crippen LogP contribution is -2.34. The van der Waals surface area contributed by atoms with Crippen LogP contribution in [0.15, 0.2) is 77.4 Å². The van der Waals surface area contributed by atoms with Crippen molar-refractivity contribution in [1.82, 2.24) is 4.90 Å². The van der Waals surface area contributed by atoms with Crippen molar-refractivity contribution in [2.24, 2.45) is 0 Å². The fourth-order valence-electron chi connectivity index (χ4n) is 3.03. The third-order valence-electron chi connectivity index (χ3n) is 4.42. The summed E-state index contributed by atoms with van der Waals surface area (Å²) in [5.74, 6) is 1.70. The van der Waals surface area contributed by atoms with Crippen LogP contribution in [0.1, 0.15) is 16.9 Å². The Hall–Kier alpha value is -2.60. The first-order chi connectivity index (χ1) is 13.7. The Labute approximate surface area is 166 Å². The summed E-state index contributed by atoms with van der Waals surface area (Å²) >= 11 is 0. The average Bonchev–Trinajstić information content (AvgIpc) is 3.22. The van der Waals surface area contributed by atoms with Crippen molar-refractivity contribution in [3.05, 3.63) is 89.9 Å². The smallest absolute Gasteiger partial charge is 0.118 e. The summed E-state index contributed by atoms with van der Waals surface area (Å²) < 4.78 is 16.4. The number of nitrogens with zero attached hydrogens (tertiary/aromatic N) is 1. The van der Waals surface area contributed by atoms with Crippen LogP contribution in [-0.2, 0) is 24.4 Å². The maximum Gasteiger partial charge on any atom is 0.118 e. The van der Waals surface area contributed by atoms with Crippen LogP contribution in [0, 0.1) is 0 Å². The molecule has 1 unspecified atom stereocenters. The van der Waals surface area contributed by atoms with E-state index in [4.69, 9.17) is 13.9 Å². The molecule has 1 aromatic heterocycles. The fraction of sp³-hybridized carbons (Fsp3) is 0.304. The standard InChI is InChI=1S/C23H27NO4/c1-26-22-11-9-19(10-12-22)14-24(16-23-8-5-13-28-23)15-21(25)18-27-17-20-6-3-2-4-7-20/h2-13,21,25H,14-18H2,1H3. The highest BCUT2D eigenvalue weighted by Crippen LogP contribution is 2.15. The molecule has 5 heteroatoms. The van der Waals surface area contributed by atoms with Crippen molar-refractivity contribution in [3.8, 4) is 5.75 Å². The first kappa shape index (κ1) is 20.1. The molecule has 28 heavy (non-hydrogen) atoms. The number of ether oxygens (including phenoxy) is 2. The molecule has 0 saturated carbocycles. The predicted octanol–water partition coefficient (Wildman–Crippen LogP) is 3.87.